The van der Waals surface area contributed by atoms with E-state index in [1.165, 1.54) is 0 Å². The highest BCUT2D eigenvalue weighted by Gasteiger charge is 2.47. The molecule has 2 atom stereocenters. The second-order valence-corrected chi connectivity index (χ2v) is 4.90. The van der Waals surface area contributed by atoms with Crippen LogP contribution >= 0.6 is 0 Å². The zero-order chi connectivity index (χ0) is 14.0. The summed E-state index contributed by atoms with van der Waals surface area (Å²) in [4.78, 5) is 13.1. The summed E-state index contributed by atoms with van der Waals surface area (Å²) >= 11 is 0. The third-order valence-electron chi connectivity index (χ3n) is 3.40. The monoisotopic (exact) mass is 281 g/mol. The Kier molecular flexibility index (Phi) is 4.32. The maximum atomic E-state index is 12.9. The predicted octanol–water partition coefficient (Wildman–Crippen LogP) is -0.145. The minimum Gasteiger partial charge on any atom is -0.378 e. The van der Waals surface area contributed by atoms with E-state index < -0.39 is 30.7 Å². The van der Waals surface area contributed by atoms with Crippen LogP contribution in [0.2, 0.25) is 0 Å². The number of halogens is 3. The maximum absolute atomic E-state index is 12.9. The lowest BCUT2D eigenvalue weighted by Crippen LogP contribution is -2.62. The van der Waals surface area contributed by atoms with Crippen molar-refractivity contribution in [1.82, 2.24) is 10.2 Å². The van der Waals surface area contributed by atoms with E-state index in [-0.39, 0.29) is 25.8 Å². The molecule has 1 saturated carbocycles. The Balaban J connectivity index is 2.07. The van der Waals surface area contributed by atoms with Crippen molar-refractivity contribution in [1.29, 1.82) is 0 Å². The molecule has 2 rings (SSSR count). The molecule has 0 spiro atoms. The lowest BCUT2D eigenvalue weighted by molar-refractivity contribution is -0.198. The van der Waals surface area contributed by atoms with E-state index in [2.05, 4.69) is 5.32 Å². The van der Waals surface area contributed by atoms with Gasteiger partial charge in [-0.05, 0) is 12.8 Å². The molecule has 2 fully saturated rings. The Hall–Kier alpha value is -0.860. The Labute approximate surface area is 109 Å². The average Bonchev–Trinajstić information content (AvgIpc) is 3.12. The number of carbonyl (C=O) groups excluding carboxylic acids is 1. The molecule has 2 unspecified atom stereocenters. The molecular formula is C11H18F3N3O2. The number of alkyl halides is 3. The number of hydrogen-bond donors (Lipinski definition) is 2. The van der Waals surface area contributed by atoms with Gasteiger partial charge in [0.15, 0.2) is 0 Å². The number of nitrogens with zero attached hydrogens (tertiary/aromatic N) is 1. The van der Waals surface area contributed by atoms with E-state index in [1.54, 1.807) is 0 Å². The lowest BCUT2D eigenvalue weighted by atomic mass is 10.1. The van der Waals surface area contributed by atoms with Crippen LogP contribution in [0.4, 0.5) is 13.2 Å². The first-order valence-electron chi connectivity index (χ1n) is 6.34. The summed E-state index contributed by atoms with van der Waals surface area (Å²) in [5, 5.41) is 2.72. The molecule has 0 aromatic heterocycles. The van der Waals surface area contributed by atoms with Gasteiger partial charge in [0.1, 0.15) is 12.1 Å². The van der Waals surface area contributed by atoms with Crippen molar-refractivity contribution in [2.75, 3.05) is 26.3 Å². The van der Waals surface area contributed by atoms with Crippen molar-refractivity contribution in [2.24, 2.45) is 5.73 Å². The second kappa shape index (κ2) is 5.64. The van der Waals surface area contributed by atoms with Crippen LogP contribution in [0, 0.1) is 0 Å². The summed E-state index contributed by atoms with van der Waals surface area (Å²) in [5.41, 5.74) is 5.23. The molecule has 1 heterocycles. The standard InChI is InChI=1S/C11H18F3N3O2/c12-11(13,14)9(5-15)17-3-4-19-6-8(17)10(18)16-7-1-2-7/h7-9H,1-6,15H2,(H,16,18). The van der Waals surface area contributed by atoms with Gasteiger partial charge in [-0.3, -0.25) is 9.69 Å². The van der Waals surface area contributed by atoms with Gasteiger partial charge in [-0.1, -0.05) is 0 Å². The van der Waals surface area contributed by atoms with Crippen molar-refractivity contribution in [3.63, 3.8) is 0 Å². The van der Waals surface area contributed by atoms with E-state index in [0.717, 1.165) is 17.7 Å². The van der Waals surface area contributed by atoms with Crippen molar-refractivity contribution < 1.29 is 22.7 Å². The number of nitrogens with two attached hydrogens (primary N) is 1. The van der Waals surface area contributed by atoms with Gasteiger partial charge in [-0.2, -0.15) is 13.2 Å². The third kappa shape index (κ3) is 3.58. The van der Waals surface area contributed by atoms with Gasteiger partial charge in [0.2, 0.25) is 5.91 Å². The fraction of sp³-hybridized carbons (Fsp3) is 0.909. The highest BCUT2D eigenvalue weighted by molar-refractivity contribution is 5.82. The molecule has 1 amide bonds. The third-order valence-corrected chi connectivity index (χ3v) is 3.40. The van der Waals surface area contributed by atoms with Crippen LogP contribution in [0.25, 0.3) is 0 Å². The molecule has 1 saturated heterocycles. The number of amides is 1. The highest BCUT2D eigenvalue weighted by atomic mass is 19.4. The first-order valence-corrected chi connectivity index (χ1v) is 6.34. The Morgan fingerprint density at radius 3 is 2.68 bits per heavy atom. The fourth-order valence-electron chi connectivity index (χ4n) is 2.20. The van der Waals surface area contributed by atoms with Gasteiger partial charge in [0.25, 0.3) is 0 Å². The minimum atomic E-state index is -4.44. The average molecular weight is 281 g/mol. The van der Waals surface area contributed by atoms with Gasteiger partial charge >= 0.3 is 6.18 Å². The first kappa shape index (κ1) is 14.5. The summed E-state index contributed by atoms with van der Waals surface area (Å²) in [6.45, 7) is -0.342. The molecule has 110 valence electrons. The molecule has 0 aromatic rings. The van der Waals surface area contributed by atoms with Crippen molar-refractivity contribution in [3.05, 3.63) is 0 Å². The Morgan fingerprint density at radius 1 is 1.47 bits per heavy atom. The topological polar surface area (TPSA) is 67.6 Å². The van der Waals surface area contributed by atoms with Crippen LogP contribution in [-0.4, -0.2) is 61.4 Å². The molecule has 0 bridgehead atoms. The van der Waals surface area contributed by atoms with Crippen molar-refractivity contribution >= 4 is 5.91 Å². The number of hydrogen-bond acceptors (Lipinski definition) is 4. The summed E-state index contributed by atoms with van der Waals surface area (Å²) in [6, 6.07) is -2.60. The van der Waals surface area contributed by atoms with Crippen LogP contribution < -0.4 is 11.1 Å². The molecule has 0 aromatic carbocycles. The molecule has 8 heteroatoms. The predicted molar refractivity (Wildman–Crippen MR) is 61.4 cm³/mol. The van der Waals surface area contributed by atoms with E-state index >= 15 is 0 Å². The number of nitrogens with one attached hydrogen (secondary N) is 1. The highest BCUT2D eigenvalue weighted by Crippen LogP contribution is 2.27. The number of morpholine rings is 1. The quantitative estimate of drug-likeness (QED) is 0.752. The largest absolute Gasteiger partial charge is 0.405 e. The first-order chi connectivity index (χ1) is 8.93. The van der Waals surface area contributed by atoms with Crippen molar-refractivity contribution in [2.45, 2.75) is 37.1 Å². The molecule has 1 aliphatic carbocycles. The number of rotatable bonds is 4. The summed E-state index contributed by atoms with van der Waals surface area (Å²) in [5.74, 6) is -0.398. The van der Waals surface area contributed by atoms with Crippen LogP contribution in [0.1, 0.15) is 12.8 Å². The molecule has 19 heavy (non-hydrogen) atoms. The van der Waals surface area contributed by atoms with E-state index in [4.69, 9.17) is 10.5 Å². The van der Waals surface area contributed by atoms with E-state index in [9.17, 15) is 18.0 Å². The molecule has 5 nitrogen and oxygen atoms in total. The van der Waals surface area contributed by atoms with Gasteiger partial charge in [0, 0.05) is 19.1 Å². The number of ether oxygens (including phenoxy) is 1. The molecular weight excluding hydrogens is 263 g/mol. The molecule has 2 aliphatic rings. The summed E-state index contributed by atoms with van der Waals surface area (Å²) in [6.07, 6.45) is -2.66. The minimum absolute atomic E-state index is 0.0227. The van der Waals surface area contributed by atoms with Gasteiger partial charge in [0.05, 0.1) is 13.2 Å². The summed E-state index contributed by atoms with van der Waals surface area (Å²) < 4.78 is 43.9. The van der Waals surface area contributed by atoms with Crippen LogP contribution in [0.3, 0.4) is 0 Å². The lowest BCUT2D eigenvalue weighted by Gasteiger charge is -2.40. The SMILES string of the molecule is NCC(N1CCOCC1C(=O)NC1CC1)C(F)(F)F. The normalized spacial score (nSPS) is 27.1. The molecule has 3 N–H and O–H groups in total. The van der Waals surface area contributed by atoms with Crippen LogP contribution in [0.15, 0.2) is 0 Å². The van der Waals surface area contributed by atoms with E-state index in [1.807, 2.05) is 0 Å². The van der Waals surface area contributed by atoms with Crippen LogP contribution in [-0.2, 0) is 9.53 Å². The smallest absolute Gasteiger partial charge is 0.378 e. The van der Waals surface area contributed by atoms with Gasteiger partial charge in [-0.15, -0.1) is 0 Å². The van der Waals surface area contributed by atoms with Crippen LogP contribution in [0.5, 0.6) is 0 Å². The Morgan fingerprint density at radius 2 is 2.16 bits per heavy atom. The van der Waals surface area contributed by atoms with E-state index in [0.29, 0.717) is 0 Å². The Bertz CT molecular complexity index is 334. The number of carbonyl (C=O) groups is 1. The molecule has 0 radical (unpaired) electrons. The van der Waals surface area contributed by atoms with Gasteiger partial charge < -0.3 is 15.8 Å². The summed E-state index contributed by atoms with van der Waals surface area (Å²) in [7, 11) is 0. The second-order valence-electron chi connectivity index (χ2n) is 4.90. The fourth-order valence-corrected chi connectivity index (χ4v) is 2.20. The molecule has 1 aliphatic heterocycles. The maximum Gasteiger partial charge on any atom is 0.405 e. The zero-order valence-corrected chi connectivity index (χ0v) is 10.4. The van der Waals surface area contributed by atoms with Crippen molar-refractivity contribution in [3.8, 4) is 0 Å². The van der Waals surface area contributed by atoms with Gasteiger partial charge in [-0.25, -0.2) is 0 Å². The zero-order valence-electron chi connectivity index (χ0n) is 10.4.